The van der Waals surface area contributed by atoms with E-state index >= 15 is 0 Å². The summed E-state index contributed by atoms with van der Waals surface area (Å²) in [6.07, 6.45) is 1.90. The van der Waals surface area contributed by atoms with Gasteiger partial charge in [0, 0.05) is 12.7 Å². The minimum atomic E-state index is 0.807. The van der Waals surface area contributed by atoms with Crippen molar-refractivity contribution in [1.29, 1.82) is 0 Å². The summed E-state index contributed by atoms with van der Waals surface area (Å²) >= 11 is 0. The fraction of sp³-hybridized carbons (Fsp3) is 0.286. The van der Waals surface area contributed by atoms with Crippen molar-refractivity contribution >= 4 is 17.2 Å². The number of nitrogens with zero attached hydrogens (tertiary/aromatic N) is 4. The highest BCUT2D eigenvalue weighted by Crippen LogP contribution is 2.37. The number of anilines is 3. The van der Waals surface area contributed by atoms with E-state index in [1.807, 2.05) is 13.1 Å². The normalized spacial score (nSPS) is 13.9. The zero-order valence-corrected chi connectivity index (χ0v) is 10.9. The van der Waals surface area contributed by atoms with Crippen molar-refractivity contribution < 1.29 is 0 Å². The van der Waals surface area contributed by atoms with Gasteiger partial charge in [0.2, 0.25) is 0 Å². The minimum Gasteiger partial charge on any atom is -0.352 e. The highest BCUT2D eigenvalue weighted by atomic mass is 15.4. The molecule has 0 aliphatic carbocycles. The molecule has 0 unspecified atom stereocenters. The first-order valence-corrected chi connectivity index (χ1v) is 6.04. The van der Waals surface area contributed by atoms with Crippen LogP contribution in [0.15, 0.2) is 30.5 Å². The SMILES string of the molecule is Cc1cccc(N2CN(C)c3cnc(C)nc32)c1. The molecule has 92 valence electrons. The van der Waals surface area contributed by atoms with Crippen LogP contribution < -0.4 is 9.80 Å². The third kappa shape index (κ3) is 1.70. The van der Waals surface area contributed by atoms with Crippen LogP contribution in [0.2, 0.25) is 0 Å². The van der Waals surface area contributed by atoms with Crippen LogP contribution in [0.25, 0.3) is 0 Å². The number of hydrogen-bond donors (Lipinski definition) is 0. The Morgan fingerprint density at radius 3 is 2.83 bits per heavy atom. The molecule has 0 N–H and O–H groups in total. The zero-order chi connectivity index (χ0) is 12.7. The number of benzene rings is 1. The summed E-state index contributed by atoms with van der Waals surface area (Å²) in [5, 5.41) is 0. The molecule has 4 nitrogen and oxygen atoms in total. The monoisotopic (exact) mass is 240 g/mol. The maximum atomic E-state index is 4.56. The van der Waals surface area contributed by atoms with Crippen LogP contribution in [0.3, 0.4) is 0 Å². The molecule has 0 spiro atoms. The van der Waals surface area contributed by atoms with Crippen molar-refractivity contribution in [3.8, 4) is 0 Å². The molecule has 0 saturated heterocycles. The molecule has 0 fully saturated rings. The molecular formula is C14H16N4. The first kappa shape index (κ1) is 11.0. The van der Waals surface area contributed by atoms with E-state index in [0.717, 1.165) is 24.0 Å². The Hall–Kier alpha value is -2.10. The van der Waals surface area contributed by atoms with E-state index in [-0.39, 0.29) is 0 Å². The van der Waals surface area contributed by atoms with Crippen molar-refractivity contribution in [2.75, 3.05) is 23.5 Å². The Morgan fingerprint density at radius 1 is 1.22 bits per heavy atom. The van der Waals surface area contributed by atoms with Gasteiger partial charge in [-0.1, -0.05) is 12.1 Å². The van der Waals surface area contributed by atoms with Crippen LogP contribution >= 0.6 is 0 Å². The summed E-state index contributed by atoms with van der Waals surface area (Å²) < 4.78 is 0. The first-order chi connectivity index (χ1) is 8.65. The summed E-state index contributed by atoms with van der Waals surface area (Å²) in [6, 6.07) is 8.49. The van der Waals surface area contributed by atoms with Crippen LogP contribution in [0.4, 0.5) is 17.2 Å². The lowest BCUT2D eigenvalue weighted by molar-refractivity contribution is 0.942. The fourth-order valence-electron chi connectivity index (χ4n) is 2.27. The third-order valence-electron chi connectivity index (χ3n) is 3.20. The molecule has 1 aromatic heterocycles. The van der Waals surface area contributed by atoms with Crippen molar-refractivity contribution in [2.45, 2.75) is 13.8 Å². The summed E-state index contributed by atoms with van der Waals surface area (Å²) in [4.78, 5) is 13.2. The molecule has 1 aliphatic heterocycles. The molecule has 3 rings (SSSR count). The van der Waals surface area contributed by atoms with E-state index in [1.165, 1.54) is 11.3 Å². The van der Waals surface area contributed by atoms with Crippen LogP contribution in [0, 0.1) is 13.8 Å². The molecule has 18 heavy (non-hydrogen) atoms. The Morgan fingerprint density at radius 2 is 2.06 bits per heavy atom. The summed E-state index contributed by atoms with van der Waals surface area (Å²) in [6.45, 7) is 4.85. The quantitative estimate of drug-likeness (QED) is 0.767. The summed E-state index contributed by atoms with van der Waals surface area (Å²) in [5.74, 6) is 1.80. The van der Waals surface area contributed by atoms with Gasteiger partial charge >= 0.3 is 0 Å². The van der Waals surface area contributed by atoms with E-state index in [4.69, 9.17) is 0 Å². The van der Waals surface area contributed by atoms with E-state index in [1.54, 1.807) is 0 Å². The largest absolute Gasteiger partial charge is 0.352 e. The van der Waals surface area contributed by atoms with Crippen LogP contribution in [0.1, 0.15) is 11.4 Å². The van der Waals surface area contributed by atoms with Gasteiger partial charge in [-0.15, -0.1) is 0 Å². The predicted octanol–water partition coefficient (Wildman–Crippen LogP) is 2.64. The van der Waals surface area contributed by atoms with Crippen LogP contribution in [-0.4, -0.2) is 23.7 Å². The molecule has 2 aromatic rings. The lowest BCUT2D eigenvalue weighted by Crippen LogP contribution is -2.24. The van der Waals surface area contributed by atoms with Gasteiger partial charge in [-0.2, -0.15) is 0 Å². The van der Waals surface area contributed by atoms with E-state index in [9.17, 15) is 0 Å². The lowest BCUT2D eigenvalue weighted by atomic mass is 10.2. The lowest BCUT2D eigenvalue weighted by Gasteiger charge is -2.18. The smallest absolute Gasteiger partial charge is 0.161 e. The maximum absolute atomic E-state index is 4.56. The third-order valence-corrected chi connectivity index (χ3v) is 3.20. The van der Waals surface area contributed by atoms with Gasteiger partial charge in [-0.25, -0.2) is 9.97 Å². The fourth-order valence-corrected chi connectivity index (χ4v) is 2.27. The van der Waals surface area contributed by atoms with Gasteiger partial charge in [-0.3, -0.25) is 0 Å². The predicted molar refractivity (Wildman–Crippen MR) is 73.4 cm³/mol. The van der Waals surface area contributed by atoms with Gasteiger partial charge < -0.3 is 9.80 Å². The Kier molecular flexibility index (Phi) is 2.44. The van der Waals surface area contributed by atoms with Crippen LogP contribution in [0.5, 0.6) is 0 Å². The molecule has 1 aromatic carbocycles. The van der Waals surface area contributed by atoms with Crippen molar-refractivity contribution in [3.05, 3.63) is 41.9 Å². The van der Waals surface area contributed by atoms with Crippen molar-refractivity contribution in [1.82, 2.24) is 9.97 Å². The Bertz CT molecular complexity index is 594. The number of rotatable bonds is 1. The van der Waals surface area contributed by atoms with Crippen LogP contribution in [-0.2, 0) is 0 Å². The van der Waals surface area contributed by atoms with Gasteiger partial charge in [0.15, 0.2) is 5.82 Å². The average Bonchev–Trinajstić information content (AvgIpc) is 2.66. The maximum Gasteiger partial charge on any atom is 0.161 e. The molecule has 0 atom stereocenters. The van der Waals surface area contributed by atoms with E-state index < -0.39 is 0 Å². The summed E-state index contributed by atoms with van der Waals surface area (Å²) in [7, 11) is 2.06. The summed E-state index contributed by atoms with van der Waals surface area (Å²) in [5.41, 5.74) is 3.52. The molecule has 1 aliphatic rings. The van der Waals surface area contributed by atoms with Crippen molar-refractivity contribution in [3.63, 3.8) is 0 Å². The number of aryl methyl sites for hydroxylation is 2. The van der Waals surface area contributed by atoms with E-state index in [2.05, 4.69) is 58.0 Å². The molecular weight excluding hydrogens is 224 g/mol. The van der Waals surface area contributed by atoms with Gasteiger partial charge in [0.25, 0.3) is 0 Å². The number of fused-ring (bicyclic) bond motifs is 1. The second kappa shape index (κ2) is 3.98. The molecule has 0 radical (unpaired) electrons. The zero-order valence-electron chi connectivity index (χ0n) is 10.9. The topological polar surface area (TPSA) is 32.3 Å². The van der Waals surface area contributed by atoms with E-state index in [0.29, 0.717) is 0 Å². The molecule has 2 heterocycles. The highest BCUT2D eigenvalue weighted by Gasteiger charge is 2.26. The number of hydrogen-bond acceptors (Lipinski definition) is 4. The molecule has 0 bridgehead atoms. The highest BCUT2D eigenvalue weighted by molar-refractivity contribution is 5.78. The Labute approximate surface area is 107 Å². The van der Waals surface area contributed by atoms with Gasteiger partial charge in [-0.05, 0) is 31.5 Å². The molecule has 4 heteroatoms. The van der Waals surface area contributed by atoms with Gasteiger partial charge in [0.1, 0.15) is 11.5 Å². The number of aromatic nitrogens is 2. The first-order valence-electron chi connectivity index (χ1n) is 6.04. The molecule has 0 amide bonds. The van der Waals surface area contributed by atoms with Crippen molar-refractivity contribution in [2.24, 2.45) is 0 Å². The molecule has 0 saturated carbocycles. The van der Waals surface area contributed by atoms with Gasteiger partial charge in [0.05, 0.1) is 12.9 Å². The minimum absolute atomic E-state index is 0.807. The standard InChI is InChI=1S/C14H16N4/c1-10-5-4-6-12(7-10)18-9-17(3)13-8-15-11(2)16-14(13)18/h4-8H,9H2,1-3H3. The average molecular weight is 240 g/mol. The second-order valence-electron chi connectivity index (χ2n) is 4.73. The second-order valence-corrected chi connectivity index (χ2v) is 4.73. The Balaban J connectivity index is 2.09.